The number of nitrogens with one attached hydrogen (secondary N) is 2. The van der Waals surface area contributed by atoms with Gasteiger partial charge in [0.25, 0.3) is 5.91 Å². The molecule has 0 bridgehead atoms. The van der Waals surface area contributed by atoms with Crippen molar-refractivity contribution < 1.29 is 9.53 Å². The topological polar surface area (TPSA) is 96.7 Å². The summed E-state index contributed by atoms with van der Waals surface area (Å²) in [6.45, 7) is 7.87. The highest BCUT2D eigenvalue weighted by Crippen LogP contribution is 2.23. The van der Waals surface area contributed by atoms with Crippen LogP contribution in [0.3, 0.4) is 0 Å². The van der Waals surface area contributed by atoms with Crippen LogP contribution in [-0.4, -0.2) is 58.5 Å². The van der Waals surface area contributed by atoms with E-state index in [0.29, 0.717) is 23.7 Å². The van der Waals surface area contributed by atoms with Crippen molar-refractivity contribution >= 4 is 23.1 Å². The summed E-state index contributed by atoms with van der Waals surface area (Å²) in [6, 6.07) is 7.32. The first-order valence-electron chi connectivity index (χ1n) is 9.37. The van der Waals surface area contributed by atoms with E-state index in [4.69, 9.17) is 4.74 Å². The molecule has 4 rings (SSSR count). The Morgan fingerprint density at radius 1 is 1.25 bits per heavy atom. The van der Waals surface area contributed by atoms with Crippen LogP contribution < -0.4 is 20.3 Å². The predicted octanol–water partition coefficient (Wildman–Crippen LogP) is 1.49. The lowest BCUT2D eigenvalue weighted by Crippen LogP contribution is -2.43. The molecule has 0 atom stereocenters. The Morgan fingerprint density at radius 2 is 2.07 bits per heavy atom. The number of amides is 1. The van der Waals surface area contributed by atoms with Crippen LogP contribution in [0, 0.1) is 6.92 Å². The fourth-order valence-electron chi connectivity index (χ4n) is 3.23. The molecule has 0 unspecified atom stereocenters. The van der Waals surface area contributed by atoms with Crippen molar-refractivity contribution in [1.82, 2.24) is 25.1 Å². The number of aryl methyl sites for hydroxylation is 1. The first-order chi connectivity index (χ1) is 13.6. The molecule has 3 aromatic rings. The largest absolute Gasteiger partial charge is 0.491 e. The van der Waals surface area contributed by atoms with E-state index in [1.165, 1.54) is 0 Å². The predicted molar refractivity (Wildman–Crippen MR) is 106 cm³/mol. The van der Waals surface area contributed by atoms with Crippen molar-refractivity contribution in [2.45, 2.75) is 13.8 Å². The van der Waals surface area contributed by atoms with Crippen LogP contribution >= 0.6 is 0 Å². The summed E-state index contributed by atoms with van der Waals surface area (Å²) in [7, 11) is 0. The lowest BCUT2D eigenvalue weighted by molar-refractivity contribution is 0.102. The number of piperazine rings is 1. The number of hydrogen-bond donors (Lipinski definition) is 2. The van der Waals surface area contributed by atoms with Gasteiger partial charge in [0.05, 0.1) is 29.6 Å². The summed E-state index contributed by atoms with van der Waals surface area (Å²) in [5.41, 5.74) is 2.13. The molecule has 9 nitrogen and oxygen atoms in total. The molecular formula is C19H23N7O2. The standard InChI is InChI=1S/C19H23N7O2/c1-3-28-16-12-26-14(10-13(2)24-26)11-15(16)19(27)21-17-4-5-18(23-22-17)25-8-6-20-7-9-25/h4-5,10-12,20H,3,6-9H2,1-2H3,(H,21,22,27). The van der Waals surface area contributed by atoms with Crippen LogP contribution in [0.25, 0.3) is 5.52 Å². The van der Waals surface area contributed by atoms with Crippen LogP contribution in [0.5, 0.6) is 5.75 Å². The van der Waals surface area contributed by atoms with Crippen molar-refractivity contribution in [1.29, 1.82) is 0 Å². The second-order valence-electron chi connectivity index (χ2n) is 6.61. The van der Waals surface area contributed by atoms with Crippen molar-refractivity contribution in [3.05, 3.63) is 41.7 Å². The summed E-state index contributed by atoms with van der Waals surface area (Å²) in [5, 5.41) is 18.9. The molecule has 4 heterocycles. The molecule has 1 amide bonds. The van der Waals surface area contributed by atoms with Gasteiger partial charge in [0.2, 0.25) is 0 Å². The number of anilines is 2. The molecule has 146 valence electrons. The van der Waals surface area contributed by atoms with E-state index in [2.05, 4.69) is 30.8 Å². The van der Waals surface area contributed by atoms with E-state index in [9.17, 15) is 4.79 Å². The van der Waals surface area contributed by atoms with Crippen LogP contribution in [0.2, 0.25) is 0 Å². The molecule has 2 N–H and O–H groups in total. The number of pyridine rings is 1. The summed E-state index contributed by atoms with van der Waals surface area (Å²) in [4.78, 5) is 15.0. The molecule has 1 fully saturated rings. The Kier molecular flexibility index (Phi) is 5.07. The third-order valence-corrected chi connectivity index (χ3v) is 4.56. The molecule has 3 aromatic heterocycles. The maximum absolute atomic E-state index is 12.8. The van der Waals surface area contributed by atoms with Gasteiger partial charge in [0.1, 0.15) is 5.75 Å². The summed E-state index contributed by atoms with van der Waals surface area (Å²) < 4.78 is 7.35. The molecular weight excluding hydrogens is 358 g/mol. The third kappa shape index (κ3) is 3.74. The van der Waals surface area contributed by atoms with Crippen molar-refractivity contribution in [3.8, 4) is 5.75 Å². The monoisotopic (exact) mass is 381 g/mol. The van der Waals surface area contributed by atoms with Crippen molar-refractivity contribution in [2.75, 3.05) is 43.0 Å². The normalized spacial score (nSPS) is 14.3. The first kappa shape index (κ1) is 18.2. The molecule has 0 saturated carbocycles. The molecule has 28 heavy (non-hydrogen) atoms. The lowest BCUT2D eigenvalue weighted by atomic mass is 10.2. The quantitative estimate of drug-likeness (QED) is 0.691. The molecule has 1 saturated heterocycles. The van der Waals surface area contributed by atoms with Crippen molar-refractivity contribution in [2.24, 2.45) is 0 Å². The van der Waals surface area contributed by atoms with E-state index in [-0.39, 0.29) is 5.91 Å². The van der Waals surface area contributed by atoms with Crippen LogP contribution in [0.1, 0.15) is 23.0 Å². The highest BCUT2D eigenvalue weighted by molar-refractivity contribution is 6.06. The number of aromatic nitrogens is 4. The highest BCUT2D eigenvalue weighted by atomic mass is 16.5. The van der Waals surface area contributed by atoms with Crippen LogP contribution in [0.15, 0.2) is 30.5 Å². The number of carbonyl (C=O) groups excluding carboxylic acids is 1. The Balaban J connectivity index is 1.54. The highest BCUT2D eigenvalue weighted by Gasteiger charge is 2.17. The average molecular weight is 381 g/mol. The zero-order valence-corrected chi connectivity index (χ0v) is 16.0. The summed E-state index contributed by atoms with van der Waals surface area (Å²) in [5.74, 6) is 1.39. The second kappa shape index (κ2) is 7.81. The minimum absolute atomic E-state index is 0.297. The Morgan fingerprint density at radius 3 is 2.79 bits per heavy atom. The summed E-state index contributed by atoms with van der Waals surface area (Å²) >= 11 is 0. The smallest absolute Gasteiger partial charge is 0.260 e. The molecule has 0 aromatic carbocycles. The van der Waals surface area contributed by atoms with E-state index in [1.54, 1.807) is 22.8 Å². The van der Waals surface area contributed by atoms with Gasteiger partial charge < -0.3 is 20.3 Å². The average Bonchev–Trinajstić information content (AvgIpc) is 3.08. The number of fused-ring (bicyclic) bond motifs is 1. The van der Waals surface area contributed by atoms with E-state index in [1.807, 2.05) is 26.0 Å². The fourth-order valence-corrected chi connectivity index (χ4v) is 3.23. The fraction of sp³-hybridized carbons (Fsp3) is 0.368. The van der Waals surface area contributed by atoms with Gasteiger partial charge in [-0.15, -0.1) is 10.2 Å². The lowest BCUT2D eigenvalue weighted by Gasteiger charge is -2.27. The second-order valence-corrected chi connectivity index (χ2v) is 6.61. The Labute approximate surface area is 162 Å². The number of nitrogens with zero attached hydrogens (tertiary/aromatic N) is 5. The zero-order valence-electron chi connectivity index (χ0n) is 16.0. The molecule has 9 heteroatoms. The van der Waals surface area contributed by atoms with Gasteiger partial charge in [0.15, 0.2) is 11.6 Å². The van der Waals surface area contributed by atoms with Gasteiger partial charge in [-0.05, 0) is 38.1 Å². The van der Waals surface area contributed by atoms with Gasteiger partial charge in [-0.3, -0.25) is 4.79 Å². The van der Waals surface area contributed by atoms with Crippen molar-refractivity contribution in [3.63, 3.8) is 0 Å². The molecule has 1 aliphatic heterocycles. The molecule has 0 radical (unpaired) electrons. The number of carbonyl (C=O) groups is 1. The van der Waals surface area contributed by atoms with Gasteiger partial charge in [-0.25, -0.2) is 4.52 Å². The Bertz CT molecular complexity index is 978. The van der Waals surface area contributed by atoms with Crippen LogP contribution in [-0.2, 0) is 0 Å². The Hall–Kier alpha value is -3.20. The maximum atomic E-state index is 12.8. The van der Waals surface area contributed by atoms with Crippen LogP contribution in [0.4, 0.5) is 11.6 Å². The van der Waals surface area contributed by atoms with E-state index in [0.717, 1.165) is 43.2 Å². The maximum Gasteiger partial charge on any atom is 0.260 e. The van der Waals surface area contributed by atoms with Gasteiger partial charge in [0, 0.05) is 26.2 Å². The van der Waals surface area contributed by atoms with Gasteiger partial charge in [-0.2, -0.15) is 5.10 Å². The van der Waals surface area contributed by atoms with E-state index < -0.39 is 0 Å². The third-order valence-electron chi connectivity index (χ3n) is 4.56. The van der Waals surface area contributed by atoms with E-state index >= 15 is 0 Å². The van der Waals surface area contributed by atoms with Gasteiger partial charge >= 0.3 is 0 Å². The minimum atomic E-state index is -0.297. The zero-order chi connectivity index (χ0) is 19.5. The molecule has 1 aliphatic rings. The number of hydrogen-bond acceptors (Lipinski definition) is 7. The first-order valence-corrected chi connectivity index (χ1v) is 9.37. The number of ether oxygens (including phenoxy) is 1. The molecule has 0 spiro atoms. The molecule has 0 aliphatic carbocycles. The van der Waals surface area contributed by atoms with Gasteiger partial charge in [-0.1, -0.05) is 0 Å². The minimum Gasteiger partial charge on any atom is -0.491 e. The number of rotatable bonds is 5. The summed E-state index contributed by atoms with van der Waals surface area (Å²) in [6.07, 6.45) is 1.72. The SMILES string of the molecule is CCOc1cn2nc(C)cc2cc1C(=O)Nc1ccc(N2CCNCC2)nn1.